The number of methoxy groups -OCH3 is 1. The van der Waals surface area contributed by atoms with Gasteiger partial charge in [0.25, 0.3) is 11.7 Å². The first-order chi connectivity index (χ1) is 14.5. The molecule has 0 radical (unpaired) electrons. The largest absolute Gasteiger partial charge is 0.507 e. The molecule has 1 atom stereocenters. The molecule has 7 heteroatoms. The van der Waals surface area contributed by atoms with E-state index >= 15 is 0 Å². The van der Waals surface area contributed by atoms with E-state index in [1.165, 1.54) is 16.2 Å². The van der Waals surface area contributed by atoms with Crippen LogP contribution in [0.1, 0.15) is 27.6 Å². The van der Waals surface area contributed by atoms with E-state index in [4.69, 9.17) is 4.74 Å². The topological polar surface area (TPSA) is 79.7 Å². The van der Waals surface area contributed by atoms with Gasteiger partial charge in [0.05, 0.1) is 12.7 Å². The number of hydrogen-bond acceptors (Lipinski definition) is 6. The molecule has 2 aromatic heterocycles. The zero-order valence-electron chi connectivity index (χ0n) is 16.5. The fourth-order valence-electron chi connectivity index (χ4n) is 3.57. The number of pyridine rings is 1. The molecule has 1 amide bonds. The molecule has 30 heavy (non-hydrogen) atoms. The van der Waals surface area contributed by atoms with Crippen LogP contribution >= 0.6 is 11.3 Å². The van der Waals surface area contributed by atoms with Crippen molar-refractivity contribution < 1.29 is 19.4 Å². The monoisotopic (exact) mass is 420 g/mol. The minimum atomic E-state index is -0.685. The van der Waals surface area contributed by atoms with Crippen LogP contribution in [0.4, 0.5) is 0 Å². The molecule has 1 N–H and O–H groups in total. The number of aryl methyl sites for hydroxylation is 1. The van der Waals surface area contributed by atoms with Crippen molar-refractivity contribution in [2.75, 3.05) is 7.11 Å². The standard InChI is InChI=1S/C23H20N2O4S/c1-14-9-12-30-22(14)19-18(20(26)16-3-5-17(29-2)6-4-16)21(27)23(28)25(19)13-15-7-10-24-11-8-15/h3-12,19,26H,13H2,1-2H3/b20-18-. The Morgan fingerprint density at radius 1 is 1.13 bits per heavy atom. The lowest BCUT2D eigenvalue weighted by Crippen LogP contribution is -2.29. The van der Waals surface area contributed by atoms with Gasteiger partial charge in [-0.3, -0.25) is 14.6 Å². The SMILES string of the molecule is COc1ccc(/C(O)=C2/C(=O)C(=O)N(Cc3ccncc3)C2c2sccc2C)cc1. The predicted molar refractivity (Wildman–Crippen MR) is 114 cm³/mol. The van der Waals surface area contributed by atoms with Gasteiger partial charge in [0.2, 0.25) is 0 Å². The molecule has 1 saturated heterocycles. The van der Waals surface area contributed by atoms with Crippen molar-refractivity contribution >= 4 is 28.8 Å². The van der Waals surface area contributed by atoms with Gasteiger partial charge >= 0.3 is 0 Å². The minimum Gasteiger partial charge on any atom is -0.507 e. The van der Waals surface area contributed by atoms with Crippen LogP contribution in [-0.2, 0) is 16.1 Å². The highest BCUT2D eigenvalue weighted by molar-refractivity contribution is 7.10. The lowest BCUT2D eigenvalue weighted by molar-refractivity contribution is -0.140. The maximum atomic E-state index is 13.0. The summed E-state index contributed by atoms with van der Waals surface area (Å²) in [5.74, 6) is -0.865. The Hall–Kier alpha value is -3.45. The molecule has 1 aromatic carbocycles. The Kier molecular flexibility index (Phi) is 5.37. The van der Waals surface area contributed by atoms with Crippen LogP contribution in [0, 0.1) is 6.92 Å². The predicted octanol–water partition coefficient (Wildman–Crippen LogP) is 4.08. The van der Waals surface area contributed by atoms with Gasteiger partial charge in [0.15, 0.2) is 0 Å². The van der Waals surface area contributed by atoms with Crippen LogP contribution in [0.5, 0.6) is 5.75 Å². The average molecular weight is 420 g/mol. The number of hydrogen-bond donors (Lipinski definition) is 1. The quantitative estimate of drug-likeness (QED) is 0.382. The molecule has 0 spiro atoms. The van der Waals surface area contributed by atoms with E-state index in [1.54, 1.807) is 55.9 Å². The van der Waals surface area contributed by atoms with Crippen molar-refractivity contribution in [3.63, 3.8) is 0 Å². The molecule has 0 saturated carbocycles. The maximum absolute atomic E-state index is 13.0. The summed E-state index contributed by atoms with van der Waals surface area (Å²) >= 11 is 1.46. The number of ether oxygens (including phenoxy) is 1. The zero-order chi connectivity index (χ0) is 21.3. The number of aliphatic hydroxyl groups excluding tert-OH is 1. The van der Waals surface area contributed by atoms with E-state index in [0.717, 1.165) is 16.0 Å². The van der Waals surface area contributed by atoms with Crippen molar-refractivity contribution in [3.05, 3.63) is 87.4 Å². The van der Waals surface area contributed by atoms with Crippen LogP contribution in [0.15, 0.2) is 65.8 Å². The number of amides is 1. The molecule has 1 fully saturated rings. The van der Waals surface area contributed by atoms with E-state index in [1.807, 2.05) is 18.4 Å². The fraction of sp³-hybridized carbons (Fsp3) is 0.174. The summed E-state index contributed by atoms with van der Waals surface area (Å²) in [5, 5.41) is 13.0. The summed E-state index contributed by atoms with van der Waals surface area (Å²) in [5.41, 5.74) is 2.38. The van der Waals surface area contributed by atoms with Crippen molar-refractivity contribution in [3.8, 4) is 5.75 Å². The number of thiophene rings is 1. The molecular formula is C23H20N2O4S. The number of carbonyl (C=O) groups is 2. The molecule has 3 aromatic rings. The van der Waals surface area contributed by atoms with E-state index in [2.05, 4.69) is 4.98 Å². The van der Waals surface area contributed by atoms with Crippen LogP contribution in [0.25, 0.3) is 5.76 Å². The van der Waals surface area contributed by atoms with Gasteiger partial charge in [0, 0.05) is 29.4 Å². The fourth-order valence-corrected chi connectivity index (χ4v) is 4.62. The minimum absolute atomic E-state index is 0.102. The van der Waals surface area contributed by atoms with Crippen LogP contribution < -0.4 is 4.74 Å². The first-order valence-corrected chi connectivity index (χ1v) is 10.2. The summed E-state index contributed by atoms with van der Waals surface area (Å²) in [7, 11) is 1.55. The van der Waals surface area contributed by atoms with E-state index in [0.29, 0.717) is 11.3 Å². The number of nitrogens with zero attached hydrogens (tertiary/aromatic N) is 2. The lowest BCUT2D eigenvalue weighted by Gasteiger charge is -2.25. The van der Waals surface area contributed by atoms with Crippen LogP contribution in [0.2, 0.25) is 0 Å². The summed E-state index contributed by atoms with van der Waals surface area (Å²) in [6, 6.07) is 11.6. The molecule has 6 nitrogen and oxygen atoms in total. The molecule has 4 rings (SSSR count). The van der Waals surface area contributed by atoms with Gasteiger partial charge in [-0.1, -0.05) is 0 Å². The molecule has 1 aliphatic rings. The van der Waals surface area contributed by atoms with Crippen LogP contribution in [-0.4, -0.2) is 33.8 Å². The Balaban J connectivity index is 1.84. The highest BCUT2D eigenvalue weighted by Gasteiger charge is 2.47. The molecule has 1 unspecified atom stereocenters. The summed E-state index contributed by atoms with van der Waals surface area (Å²) in [6.45, 7) is 2.18. The van der Waals surface area contributed by atoms with Crippen LogP contribution in [0.3, 0.4) is 0 Å². The maximum Gasteiger partial charge on any atom is 0.295 e. The van der Waals surface area contributed by atoms with Gasteiger partial charge < -0.3 is 14.7 Å². The normalized spacial score (nSPS) is 18.1. The summed E-state index contributed by atoms with van der Waals surface area (Å²) < 4.78 is 5.16. The zero-order valence-corrected chi connectivity index (χ0v) is 17.3. The summed E-state index contributed by atoms with van der Waals surface area (Å²) in [4.78, 5) is 32.4. The number of likely N-dealkylation sites (tertiary alicyclic amines) is 1. The number of ketones is 1. The van der Waals surface area contributed by atoms with Crippen molar-refractivity contribution in [2.24, 2.45) is 0 Å². The average Bonchev–Trinajstić information content (AvgIpc) is 3.30. The molecule has 0 aliphatic carbocycles. The Morgan fingerprint density at radius 3 is 2.43 bits per heavy atom. The van der Waals surface area contributed by atoms with Crippen molar-refractivity contribution in [1.82, 2.24) is 9.88 Å². The highest BCUT2D eigenvalue weighted by atomic mass is 32.1. The van der Waals surface area contributed by atoms with Gasteiger partial charge in [-0.15, -0.1) is 11.3 Å². The van der Waals surface area contributed by atoms with E-state index in [-0.39, 0.29) is 17.9 Å². The first kappa shape index (κ1) is 19.8. The lowest BCUT2D eigenvalue weighted by atomic mass is 9.98. The Morgan fingerprint density at radius 2 is 1.83 bits per heavy atom. The number of carbonyl (C=O) groups excluding carboxylic acids is 2. The second kappa shape index (κ2) is 8.12. The first-order valence-electron chi connectivity index (χ1n) is 9.37. The smallest absolute Gasteiger partial charge is 0.295 e. The molecule has 1 aliphatic heterocycles. The number of aromatic nitrogens is 1. The van der Waals surface area contributed by atoms with E-state index in [9.17, 15) is 14.7 Å². The van der Waals surface area contributed by atoms with E-state index < -0.39 is 17.7 Å². The third-order valence-corrected chi connectivity index (χ3v) is 6.23. The number of rotatable bonds is 5. The second-order valence-corrected chi connectivity index (χ2v) is 7.93. The summed E-state index contributed by atoms with van der Waals surface area (Å²) in [6.07, 6.45) is 3.29. The third kappa shape index (κ3) is 3.48. The molecular weight excluding hydrogens is 400 g/mol. The van der Waals surface area contributed by atoms with Gasteiger partial charge in [-0.25, -0.2) is 0 Å². The highest BCUT2D eigenvalue weighted by Crippen LogP contribution is 2.43. The third-order valence-electron chi connectivity index (χ3n) is 5.16. The van der Waals surface area contributed by atoms with Crippen molar-refractivity contribution in [1.29, 1.82) is 0 Å². The second-order valence-electron chi connectivity index (χ2n) is 6.98. The van der Waals surface area contributed by atoms with Crippen molar-refractivity contribution in [2.45, 2.75) is 19.5 Å². The van der Waals surface area contributed by atoms with Gasteiger partial charge in [0.1, 0.15) is 17.6 Å². The molecule has 0 bridgehead atoms. The number of benzene rings is 1. The molecule has 3 heterocycles. The Bertz CT molecular complexity index is 1120. The molecule has 152 valence electrons. The number of Topliss-reactive ketones (excluding diaryl/α,β-unsaturated/α-hetero) is 1. The van der Waals surface area contributed by atoms with Gasteiger partial charge in [-0.05, 0) is 65.9 Å². The Labute approximate surface area is 178 Å². The van der Waals surface area contributed by atoms with Gasteiger partial charge in [-0.2, -0.15) is 0 Å². The number of aliphatic hydroxyl groups is 1.